The molecule has 11 heteroatoms. The maximum atomic E-state index is 13.4. The molecule has 3 aromatic rings. The Morgan fingerprint density at radius 1 is 1.12 bits per heavy atom. The summed E-state index contributed by atoms with van der Waals surface area (Å²) in [5, 5.41) is 15.7. The lowest BCUT2D eigenvalue weighted by Crippen LogP contribution is -2.45. The molecule has 0 saturated carbocycles. The van der Waals surface area contributed by atoms with Gasteiger partial charge in [0, 0.05) is 37.4 Å². The largest absolute Gasteiger partial charge is 0.417 e. The molecule has 1 aromatic carbocycles. The number of carbonyl (C=O) groups is 1. The van der Waals surface area contributed by atoms with Crippen molar-refractivity contribution >= 4 is 23.3 Å². The molecule has 1 fully saturated rings. The predicted molar refractivity (Wildman–Crippen MR) is 123 cm³/mol. The number of hydrogen-bond donors (Lipinski definition) is 1. The number of benzene rings is 1. The number of anilines is 1. The Balaban J connectivity index is 1.44. The van der Waals surface area contributed by atoms with Crippen LogP contribution in [0.15, 0.2) is 30.5 Å². The standard InChI is InChI=1S/C23H24ClF3N6O/c1-13-14(2)21(31-30-20(13)19-6-9-28-32(19)3)33-10-7-16(8-11-33)29-22(34)17-5-4-15(24)12-18(17)23(25,26)27/h4-6,9,12,16H,7-8,10-11H2,1-3H3,(H,29,34). The molecule has 0 spiro atoms. The number of aryl methyl sites for hydroxylation is 1. The lowest BCUT2D eigenvalue weighted by Gasteiger charge is -2.34. The van der Waals surface area contributed by atoms with Gasteiger partial charge in [-0.15, -0.1) is 10.2 Å². The van der Waals surface area contributed by atoms with E-state index in [-0.39, 0.29) is 11.1 Å². The first-order valence-corrected chi connectivity index (χ1v) is 11.2. The molecular formula is C23H24ClF3N6O. The fraction of sp³-hybridized carbons (Fsp3) is 0.391. The van der Waals surface area contributed by atoms with Crippen molar-refractivity contribution in [3.05, 3.63) is 57.7 Å². The van der Waals surface area contributed by atoms with Crippen molar-refractivity contribution in [1.82, 2.24) is 25.3 Å². The number of halogens is 4. The van der Waals surface area contributed by atoms with Gasteiger partial charge in [0.15, 0.2) is 5.82 Å². The number of amides is 1. The highest BCUT2D eigenvalue weighted by atomic mass is 35.5. The average molecular weight is 493 g/mol. The van der Waals surface area contributed by atoms with Crippen LogP contribution in [0.2, 0.25) is 5.02 Å². The first-order chi connectivity index (χ1) is 16.1. The number of hydrogen-bond acceptors (Lipinski definition) is 5. The van der Waals surface area contributed by atoms with Gasteiger partial charge in [0.05, 0.1) is 16.8 Å². The monoisotopic (exact) mass is 492 g/mol. The number of alkyl halides is 3. The van der Waals surface area contributed by atoms with Crippen LogP contribution in [0.1, 0.15) is 39.9 Å². The molecule has 2 aromatic heterocycles. The third-order valence-corrected chi connectivity index (χ3v) is 6.46. The molecule has 3 heterocycles. The molecule has 4 rings (SSSR count). The van der Waals surface area contributed by atoms with Gasteiger partial charge in [-0.2, -0.15) is 18.3 Å². The Bertz CT molecular complexity index is 1220. The van der Waals surface area contributed by atoms with Crippen LogP contribution in [0.4, 0.5) is 19.0 Å². The van der Waals surface area contributed by atoms with Crippen molar-refractivity contribution < 1.29 is 18.0 Å². The Hall–Kier alpha value is -3.14. The normalized spacial score (nSPS) is 15.0. The topological polar surface area (TPSA) is 75.9 Å². The zero-order valence-electron chi connectivity index (χ0n) is 18.9. The predicted octanol–water partition coefficient (Wildman–Crippen LogP) is 4.56. The number of aromatic nitrogens is 4. The van der Waals surface area contributed by atoms with Crippen LogP contribution in [0.25, 0.3) is 11.4 Å². The fourth-order valence-electron chi connectivity index (χ4n) is 4.19. The fourth-order valence-corrected chi connectivity index (χ4v) is 4.36. The average Bonchev–Trinajstić information content (AvgIpc) is 3.21. The van der Waals surface area contributed by atoms with E-state index in [0.29, 0.717) is 25.9 Å². The molecule has 1 aliphatic heterocycles. The van der Waals surface area contributed by atoms with Crippen LogP contribution in [0.3, 0.4) is 0 Å². The molecule has 180 valence electrons. The number of rotatable bonds is 4. The minimum atomic E-state index is -4.67. The summed E-state index contributed by atoms with van der Waals surface area (Å²) in [6.07, 6.45) is -1.81. The molecule has 7 nitrogen and oxygen atoms in total. The van der Waals surface area contributed by atoms with Gasteiger partial charge in [-0.05, 0) is 62.1 Å². The van der Waals surface area contributed by atoms with E-state index in [1.54, 1.807) is 10.9 Å². The minimum Gasteiger partial charge on any atom is -0.355 e. The van der Waals surface area contributed by atoms with E-state index in [0.717, 1.165) is 40.5 Å². The third kappa shape index (κ3) is 4.72. The third-order valence-electron chi connectivity index (χ3n) is 6.22. The van der Waals surface area contributed by atoms with Gasteiger partial charge in [0.25, 0.3) is 5.91 Å². The molecule has 0 bridgehead atoms. The van der Waals surface area contributed by atoms with E-state index < -0.39 is 23.2 Å². The second-order valence-electron chi connectivity index (χ2n) is 8.38. The van der Waals surface area contributed by atoms with Crippen molar-refractivity contribution in [3.63, 3.8) is 0 Å². The molecule has 34 heavy (non-hydrogen) atoms. The lowest BCUT2D eigenvalue weighted by molar-refractivity contribution is -0.137. The van der Waals surface area contributed by atoms with E-state index in [4.69, 9.17) is 11.6 Å². The molecule has 0 aliphatic carbocycles. The molecule has 0 radical (unpaired) electrons. The molecule has 1 N–H and O–H groups in total. The van der Waals surface area contributed by atoms with Crippen LogP contribution in [-0.4, -0.2) is 45.0 Å². The maximum Gasteiger partial charge on any atom is 0.417 e. The number of carbonyl (C=O) groups excluding carboxylic acids is 1. The van der Waals surface area contributed by atoms with Gasteiger partial charge in [0.1, 0.15) is 5.69 Å². The van der Waals surface area contributed by atoms with Crippen molar-refractivity contribution in [1.29, 1.82) is 0 Å². The van der Waals surface area contributed by atoms with Crippen LogP contribution >= 0.6 is 11.6 Å². The van der Waals surface area contributed by atoms with Gasteiger partial charge in [-0.25, -0.2) is 0 Å². The molecule has 1 aliphatic rings. The van der Waals surface area contributed by atoms with E-state index in [9.17, 15) is 18.0 Å². The highest BCUT2D eigenvalue weighted by Crippen LogP contribution is 2.34. The molecule has 0 unspecified atom stereocenters. The first-order valence-electron chi connectivity index (χ1n) is 10.8. The molecule has 1 amide bonds. The van der Waals surface area contributed by atoms with Gasteiger partial charge in [0.2, 0.25) is 0 Å². The van der Waals surface area contributed by atoms with E-state index in [1.165, 1.54) is 6.07 Å². The van der Waals surface area contributed by atoms with Gasteiger partial charge in [-0.3, -0.25) is 9.48 Å². The SMILES string of the molecule is Cc1c(-c2ccnn2C)nnc(N2CCC(NC(=O)c3ccc(Cl)cc3C(F)(F)F)CC2)c1C. The second kappa shape index (κ2) is 9.25. The second-order valence-corrected chi connectivity index (χ2v) is 8.82. The van der Waals surface area contributed by atoms with Crippen LogP contribution in [0, 0.1) is 13.8 Å². The maximum absolute atomic E-state index is 13.4. The zero-order chi connectivity index (χ0) is 24.6. The molecular weight excluding hydrogens is 469 g/mol. The number of piperidine rings is 1. The summed E-state index contributed by atoms with van der Waals surface area (Å²) in [6, 6.07) is 4.81. The number of nitrogens with zero attached hydrogens (tertiary/aromatic N) is 5. The summed E-state index contributed by atoms with van der Waals surface area (Å²) in [6.45, 7) is 5.18. The van der Waals surface area contributed by atoms with Crippen LogP contribution in [0.5, 0.6) is 0 Å². The zero-order valence-corrected chi connectivity index (χ0v) is 19.7. The Morgan fingerprint density at radius 3 is 2.44 bits per heavy atom. The summed E-state index contributed by atoms with van der Waals surface area (Å²) in [7, 11) is 1.85. The van der Waals surface area contributed by atoms with Crippen molar-refractivity contribution in [2.75, 3.05) is 18.0 Å². The Kier molecular flexibility index (Phi) is 6.53. The lowest BCUT2D eigenvalue weighted by atomic mass is 10.0. The summed E-state index contributed by atoms with van der Waals surface area (Å²) < 4.78 is 41.8. The van der Waals surface area contributed by atoms with Gasteiger partial charge < -0.3 is 10.2 Å². The Labute approximate surface area is 199 Å². The van der Waals surface area contributed by atoms with Gasteiger partial charge >= 0.3 is 6.18 Å². The summed E-state index contributed by atoms with van der Waals surface area (Å²) >= 11 is 5.71. The van der Waals surface area contributed by atoms with Crippen molar-refractivity contribution in [3.8, 4) is 11.4 Å². The highest BCUT2D eigenvalue weighted by molar-refractivity contribution is 6.30. The van der Waals surface area contributed by atoms with Crippen molar-refractivity contribution in [2.24, 2.45) is 7.05 Å². The smallest absolute Gasteiger partial charge is 0.355 e. The molecule has 1 saturated heterocycles. The first kappa shape index (κ1) is 24.0. The van der Waals surface area contributed by atoms with Crippen LogP contribution in [-0.2, 0) is 13.2 Å². The quantitative estimate of drug-likeness (QED) is 0.577. The van der Waals surface area contributed by atoms with Crippen molar-refractivity contribution in [2.45, 2.75) is 38.9 Å². The van der Waals surface area contributed by atoms with Crippen LogP contribution < -0.4 is 10.2 Å². The van der Waals surface area contributed by atoms with E-state index >= 15 is 0 Å². The summed E-state index contributed by atoms with van der Waals surface area (Å²) in [5.74, 6) is 0.0139. The Morgan fingerprint density at radius 2 is 1.82 bits per heavy atom. The number of nitrogens with one attached hydrogen (secondary N) is 1. The minimum absolute atomic E-state index is 0.0710. The van der Waals surface area contributed by atoms with Gasteiger partial charge in [-0.1, -0.05) is 11.6 Å². The van der Waals surface area contributed by atoms with E-state index in [1.807, 2.05) is 27.0 Å². The highest BCUT2D eigenvalue weighted by Gasteiger charge is 2.36. The molecule has 0 atom stereocenters. The summed E-state index contributed by atoms with van der Waals surface area (Å²) in [4.78, 5) is 14.7. The summed E-state index contributed by atoms with van der Waals surface area (Å²) in [5.41, 5.74) is 2.19. The van der Waals surface area contributed by atoms with E-state index in [2.05, 4.69) is 25.5 Å².